The summed E-state index contributed by atoms with van der Waals surface area (Å²) in [6.07, 6.45) is 0. The summed E-state index contributed by atoms with van der Waals surface area (Å²) in [7, 11) is 0. The minimum Gasteiger partial charge on any atom is -0.310 e. The van der Waals surface area contributed by atoms with Crippen molar-refractivity contribution in [3.63, 3.8) is 0 Å². The van der Waals surface area contributed by atoms with Gasteiger partial charge in [0.15, 0.2) is 0 Å². The Kier molecular flexibility index (Phi) is 5.83. The topological polar surface area (TPSA) is 3.24 Å². The summed E-state index contributed by atoms with van der Waals surface area (Å²) >= 11 is 0. The number of anilines is 3. The third-order valence-corrected chi connectivity index (χ3v) is 11.3. The Balaban J connectivity index is 1.27. The molecule has 0 heterocycles. The van der Waals surface area contributed by atoms with E-state index in [0.717, 1.165) is 22.4 Å². The van der Waals surface area contributed by atoms with Crippen molar-refractivity contribution in [2.24, 2.45) is 0 Å². The van der Waals surface area contributed by atoms with Crippen molar-refractivity contribution in [1.29, 1.82) is 0 Å². The number of fused-ring (bicyclic) bond motifs is 16. The quantitative estimate of drug-likeness (QED) is 0.172. The first-order chi connectivity index (χ1) is 25.2. The van der Waals surface area contributed by atoms with E-state index in [4.69, 9.17) is 0 Å². The number of halogens is 1. The van der Waals surface area contributed by atoms with Gasteiger partial charge in [0.05, 0.1) is 5.41 Å². The Bertz CT molecular complexity index is 2820. The van der Waals surface area contributed by atoms with Gasteiger partial charge in [-0.2, -0.15) is 0 Å². The fourth-order valence-electron chi connectivity index (χ4n) is 9.30. The highest BCUT2D eigenvalue weighted by Crippen LogP contribution is 2.65. The van der Waals surface area contributed by atoms with Crippen LogP contribution in [-0.4, -0.2) is 0 Å². The van der Waals surface area contributed by atoms with E-state index in [1.807, 2.05) is 30.3 Å². The monoisotopic (exact) mass is 651 g/mol. The summed E-state index contributed by atoms with van der Waals surface area (Å²) in [4.78, 5) is 2.21. The van der Waals surface area contributed by atoms with E-state index in [0.29, 0.717) is 0 Å². The molecule has 51 heavy (non-hydrogen) atoms. The molecule has 0 saturated heterocycles. The molecule has 238 valence electrons. The van der Waals surface area contributed by atoms with Gasteiger partial charge in [-0.15, -0.1) is 0 Å². The largest absolute Gasteiger partial charge is 0.310 e. The fourth-order valence-corrected chi connectivity index (χ4v) is 9.30. The SMILES string of the molecule is Fc1ccc(N(c2ccccc2)c2ccc3cc4c(cc3c2)C2(c3ccccc3-c3ccccc32)c2c-4c3ccccc3c3ccccc23)cc1. The number of para-hydroxylation sites is 1. The molecule has 0 saturated carbocycles. The highest BCUT2D eigenvalue weighted by Gasteiger charge is 2.53. The lowest BCUT2D eigenvalue weighted by atomic mass is 9.69. The Labute approximate surface area is 295 Å². The van der Waals surface area contributed by atoms with Crippen molar-refractivity contribution in [2.45, 2.75) is 5.41 Å². The minimum atomic E-state index is -0.498. The third kappa shape index (κ3) is 3.79. The van der Waals surface area contributed by atoms with E-state index in [1.165, 1.54) is 83.6 Å². The molecule has 0 N–H and O–H groups in total. The van der Waals surface area contributed by atoms with Crippen LogP contribution in [-0.2, 0) is 5.41 Å². The molecule has 0 atom stereocenters. The standard InChI is InChI=1S/C49H30FN/c50-33-23-26-35(27-24-33)51(34-12-2-1-3-13-34)36-25-22-31-29-43-46(30-32(31)28-36)49(44-20-10-8-16-39(44)40-17-9-11-21-45(40)49)48-42-19-7-5-15-38(42)37-14-4-6-18-41(37)47(43)48/h1-30H. The highest BCUT2D eigenvalue weighted by atomic mass is 19.1. The summed E-state index contributed by atoms with van der Waals surface area (Å²) < 4.78 is 14.1. The van der Waals surface area contributed by atoms with Crippen LogP contribution in [0.25, 0.3) is 54.6 Å². The second-order valence-electron chi connectivity index (χ2n) is 13.8. The molecular weight excluding hydrogens is 622 g/mol. The summed E-state index contributed by atoms with van der Waals surface area (Å²) in [6, 6.07) is 64.7. The van der Waals surface area contributed by atoms with E-state index in [-0.39, 0.29) is 5.82 Å². The molecule has 0 fully saturated rings. The van der Waals surface area contributed by atoms with Gasteiger partial charge in [-0.05, 0) is 137 Å². The lowest BCUT2D eigenvalue weighted by Gasteiger charge is -2.32. The van der Waals surface area contributed by atoms with Gasteiger partial charge in [0.25, 0.3) is 0 Å². The summed E-state index contributed by atoms with van der Waals surface area (Å²) in [5, 5.41) is 7.49. The van der Waals surface area contributed by atoms with Crippen molar-refractivity contribution in [1.82, 2.24) is 0 Å². The van der Waals surface area contributed by atoms with Crippen LogP contribution in [0.3, 0.4) is 0 Å². The zero-order valence-corrected chi connectivity index (χ0v) is 27.6. The van der Waals surface area contributed by atoms with E-state index >= 15 is 0 Å². The van der Waals surface area contributed by atoms with Crippen molar-refractivity contribution in [3.05, 3.63) is 210 Å². The molecule has 0 amide bonds. The van der Waals surface area contributed by atoms with Crippen molar-refractivity contribution in [3.8, 4) is 22.3 Å². The molecule has 0 unspecified atom stereocenters. The van der Waals surface area contributed by atoms with Crippen LogP contribution in [0.4, 0.5) is 21.5 Å². The van der Waals surface area contributed by atoms with Gasteiger partial charge in [0.2, 0.25) is 0 Å². The van der Waals surface area contributed by atoms with Gasteiger partial charge in [0.1, 0.15) is 5.82 Å². The van der Waals surface area contributed by atoms with E-state index < -0.39 is 5.41 Å². The Morgan fingerprint density at radius 3 is 1.63 bits per heavy atom. The van der Waals surface area contributed by atoms with E-state index in [9.17, 15) is 4.39 Å². The molecule has 9 aromatic rings. The molecule has 2 aliphatic carbocycles. The predicted octanol–water partition coefficient (Wildman–Crippen LogP) is 13.1. The zero-order valence-electron chi connectivity index (χ0n) is 27.6. The second kappa shape index (κ2) is 10.5. The van der Waals surface area contributed by atoms with Crippen LogP contribution < -0.4 is 4.90 Å². The normalized spacial score (nSPS) is 13.4. The molecule has 9 aromatic carbocycles. The first-order valence-corrected chi connectivity index (χ1v) is 17.5. The predicted molar refractivity (Wildman–Crippen MR) is 210 cm³/mol. The van der Waals surface area contributed by atoms with Gasteiger partial charge in [-0.3, -0.25) is 0 Å². The molecule has 0 bridgehead atoms. The Hall–Kier alpha value is -6.51. The highest BCUT2D eigenvalue weighted by molar-refractivity contribution is 6.20. The maximum Gasteiger partial charge on any atom is 0.123 e. The van der Waals surface area contributed by atoms with Crippen LogP contribution in [0.2, 0.25) is 0 Å². The fraction of sp³-hybridized carbons (Fsp3) is 0.0204. The van der Waals surface area contributed by atoms with Gasteiger partial charge < -0.3 is 4.90 Å². The van der Waals surface area contributed by atoms with Crippen LogP contribution in [0.1, 0.15) is 22.3 Å². The first kappa shape index (κ1) is 28.3. The minimum absolute atomic E-state index is 0.247. The average molecular weight is 652 g/mol. The van der Waals surface area contributed by atoms with Crippen LogP contribution in [0, 0.1) is 5.82 Å². The molecule has 0 aromatic heterocycles. The lowest BCUT2D eigenvalue weighted by Crippen LogP contribution is -2.26. The number of hydrogen-bond acceptors (Lipinski definition) is 1. The summed E-state index contributed by atoms with van der Waals surface area (Å²) in [5.41, 5.74) is 13.0. The number of nitrogens with zero attached hydrogens (tertiary/aromatic N) is 1. The van der Waals surface area contributed by atoms with Gasteiger partial charge in [-0.25, -0.2) is 4.39 Å². The zero-order chi connectivity index (χ0) is 33.7. The molecule has 1 spiro atoms. The van der Waals surface area contributed by atoms with Gasteiger partial charge in [-0.1, -0.05) is 121 Å². The van der Waals surface area contributed by atoms with E-state index in [2.05, 4.69) is 144 Å². The number of benzene rings is 9. The molecule has 11 rings (SSSR count). The molecule has 0 aliphatic heterocycles. The molecule has 0 radical (unpaired) electrons. The molecular formula is C49H30FN. The smallest absolute Gasteiger partial charge is 0.123 e. The maximum absolute atomic E-state index is 14.1. The Morgan fingerprint density at radius 1 is 0.373 bits per heavy atom. The summed E-state index contributed by atoms with van der Waals surface area (Å²) in [6.45, 7) is 0. The second-order valence-corrected chi connectivity index (χ2v) is 13.8. The van der Waals surface area contributed by atoms with Crippen molar-refractivity contribution < 1.29 is 4.39 Å². The number of hydrogen-bond donors (Lipinski definition) is 0. The van der Waals surface area contributed by atoms with Crippen molar-refractivity contribution in [2.75, 3.05) is 4.90 Å². The van der Waals surface area contributed by atoms with Gasteiger partial charge in [0, 0.05) is 17.1 Å². The van der Waals surface area contributed by atoms with Crippen LogP contribution in [0.15, 0.2) is 182 Å². The van der Waals surface area contributed by atoms with Gasteiger partial charge >= 0.3 is 0 Å². The lowest BCUT2D eigenvalue weighted by molar-refractivity contribution is 0.628. The van der Waals surface area contributed by atoms with E-state index in [1.54, 1.807) is 0 Å². The summed E-state index contributed by atoms with van der Waals surface area (Å²) in [5.74, 6) is -0.247. The van der Waals surface area contributed by atoms with Crippen LogP contribution >= 0.6 is 0 Å². The van der Waals surface area contributed by atoms with Crippen molar-refractivity contribution >= 4 is 49.4 Å². The third-order valence-electron chi connectivity index (χ3n) is 11.3. The molecule has 2 heteroatoms. The average Bonchev–Trinajstić information content (AvgIpc) is 3.66. The van der Waals surface area contributed by atoms with Crippen LogP contribution in [0.5, 0.6) is 0 Å². The molecule has 1 nitrogen and oxygen atoms in total. The molecule has 2 aliphatic rings. The maximum atomic E-state index is 14.1. The Morgan fingerprint density at radius 2 is 0.922 bits per heavy atom. The first-order valence-electron chi connectivity index (χ1n) is 17.5. The number of rotatable bonds is 3.